The van der Waals surface area contributed by atoms with Crippen LogP contribution in [0.25, 0.3) is 0 Å². The third-order valence-corrected chi connectivity index (χ3v) is 3.51. The number of nitrogens with zero attached hydrogens (tertiary/aromatic N) is 1. The molecule has 3 rings (SSSR count). The molecule has 0 spiro atoms. The maximum absolute atomic E-state index is 14.2. The lowest BCUT2D eigenvalue weighted by Gasteiger charge is -2.15. The number of carbonyl (C=O) groups excluding carboxylic acids is 1. The van der Waals surface area contributed by atoms with Crippen LogP contribution < -0.4 is 10.1 Å². The lowest BCUT2D eigenvalue weighted by Crippen LogP contribution is -2.26. The molecule has 122 valence electrons. The SMILES string of the molecule is C[C@H](NC(=O)c1ccc[nH]1)c1ccc(Oc2cccnc2)c(F)c1. The molecule has 0 fully saturated rings. The van der Waals surface area contributed by atoms with Gasteiger partial charge in [-0.2, -0.15) is 0 Å². The lowest BCUT2D eigenvalue weighted by molar-refractivity contribution is 0.0935. The Balaban J connectivity index is 1.70. The van der Waals surface area contributed by atoms with Crippen LogP contribution >= 0.6 is 0 Å². The number of nitrogens with one attached hydrogen (secondary N) is 2. The highest BCUT2D eigenvalue weighted by atomic mass is 19.1. The monoisotopic (exact) mass is 325 g/mol. The lowest BCUT2D eigenvalue weighted by atomic mass is 10.1. The average molecular weight is 325 g/mol. The van der Waals surface area contributed by atoms with Gasteiger partial charge in [-0.3, -0.25) is 9.78 Å². The Hall–Kier alpha value is -3.15. The molecule has 3 aromatic rings. The van der Waals surface area contributed by atoms with Gasteiger partial charge in [0.25, 0.3) is 5.91 Å². The number of aromatic nitrogens is 2. The van der Waals surface area contributed by atoms with Gasteiger partial charge in [0.15, 0.2) is 11.6 Å². The second-order valence-corrected chi connectivity index (χ2v) is 5.26. The largest absolute Gasteiger partial charge is 0.453 e. The second kappa shape index (κ2) is 6.95. The van der Waals surface area contributed by atoms with E-state index in [-0.39, 0.29) is 17.7 Å². The number of halogens is 1. The van der Waals surface area contributed by atoms with Gasteiger partial charge < -0.3 is 15.0 Å². The van der Waals surface area contributed by atoms with Crippen molar-refractivity contribution in [2.45, 2.75) is 13.0 Å². The van der Waals surface area contributed by atoms with Gasteiger partial charge in [0.05, 0.1) is 12.2 Å². The van der Waals surface area contributed by atoms with Crippen molar-refractivity contribution in [3.63, 3.8) is 0 Å². The summed E-state index contributed by atoms with van der Waals surface area (Å²) in [5.74, 6) is -0.187. The topological polar surface area (TPSA) is 67.0 Å². The summed E-state index contributed by atoms with van der Waals surface area (Å²) in [7, 11) is 0. The van der Waals surface area contributed by atoms with Crippen LogP contribution in [0.4, 0.5) is 4.39 Å². The van der Waals surface area contributed by atoms with Gasteiger partial charge >= 0.3 is 0 Å². The van der Waals surface area contributed by atoms with Crippen LogP contribution in [0.3, 0.4) is 0 Å². The molecule has 0 saturated heterocycles. The summed E-state index contributed by atoms with van der Waals surface area (Å²) in [6, 6.07) is 11.1. The summed E-state index contributed by atoms with van der Waals surface area (Å²) in [5.41, 5.74) is 1.10. The molecule has 1 aromatic carbocycles. The minimum Gasteiger partial charge on any atom is -0.453 e. The highest BCUT2D eigenvalue weighted by molar-refractivity contribution is 5.92. The van der Waals surface area contributed by atoms with Crippen molar-refractivity contribution in [2.75, 3.05) is 0 Å². The molecule has 6 heteroatoms. The normalized spacial score (nSPS) is 11.8. The molecule has 2 aromatic heterocycles. The summed E-state index contributed by atoms with van der Waals surface area (Å²) >= 11 is 0. The number of pyridine rings is 1. The summed E-state index contributed by atoms with van der Waals surface area (Å²) in [5, 5.41) is 2.81. The molecule has 1 atom stereocenters. The molecule has 0 radical (unpaired) electrons. The number of H-pyrrole nitrogens is 1. The molecule has 0 aliphatic carbocycles. The van der Waals surface area contributed by atoms with E-state index in [1.165, 1.54) is 18.3 Å². The van der Waals surface area contributed by atoms with Crippen molar-refractivity contribution in [3.8, 4) is 11.5 Å². The van der Waals surface area contributed by atoms with Gasteiger partial charge in [-0.25, -0.2) is 4.39 Å². The molecule has 0 unspecified atom stereocenters. The van der Waals surface area contributed by atoms with Crippen molar-refractivity contribution in [1.82, 2.24) is 15.3 Å². The Labute approximate surface area is 138 Å². The molecule has 2 N–H and O–H groups in total. The minimum atomic E-state index is -0.502. The Bertz CT molecular complexity index is 820. The van der Waals surface area contributed by atoms with Crippen LogP contribution in [0.15, 0.2) is 61.1 Å². The van der Waals surface area contributed by atoms with E-state index in [1.54, 1.807) is 49.6 Å². The van der Waals surface area contributed by atoms with Gasteiger partial charge in [0.2, 0.25) is 0 Å². The molecule has 2 heterocycles. The zero-order chi connectivity index (χ0) is 16.9. The van der Waals surface area contributed by atoms with Crippen molar-refractivity contribution < 1.29 is 13.9 Å². The van der Waals surface area contributed by atoms with E-state index in [1.807, 2.05) is 0 Å². The molecule has 0 bridgehead atoms. The van der Waals surface area contributed by atoms with Gasteiger partial charge in [0.1, 0.15) is 11.4 Å². The fraction of sp³-hybridized carbons (Fsp3) is 0.111. The fourth-order valence-electron chi connectivity index (χ4n) is 2.23. The summed E-state index contributed by atoms with van der Waals surface area (Å²) in [6.07, 6.45) is 4.79. The smallest absolute Gasteiger partial charge is 0.268 e. The van der Waals surface area contributed by atoms with E-state index in [0.717, 1.165) is 0 Å². The Morgan fingerprint density at radius 1 is 1.29 bits per heavy atom. The number of hydrogen-bond donors (Lipinski definition) is 2. The third kappa shape index (κ3) is 3.60. The van der Waals surface area contributed by atoms with Crippen LogP contribution in [-0.2, 0) is 0 Å². The zero-order valence-electron chi connectivity index (χ0n) is 13.0. The maximum atomic E-state index is 14.2. The molecular weight excluding hydrogens is 309 g/mol. The number of ether oxygens (including phenoxy) is 1. The number of aromatic amines is 1. The first-order chi connectivity index (χ1) is 11.6. The van der Waals surface area contributed by atoms with Gasteiger partial charge in [-0.15, -0.1) is 0 Å². The predicted molar refractivity (Wildman–Crippen MR) is 87.4 cm³/mol. The maximum Gasteiger partial charge on any atom is 0.268 e. The van der Waals surface area contributed by atoms with Crippen LogP contribution in [-0.4, -0.2) is 15.9 Å². The molecule has 1 amide bonds. The summed E-state index contributed by atoms with van der Waals surface area (Å²) < 4.78 is 19.7. The number of benzene rings is 1. The second-order valence-electron chi connectivity index (χ2n) is 5.26. The van der Waals surface area contributed by atoms with Gasteiger partial charge in [-0.05, 0) is 48.9 Å². The number of carbonyl (C=O) groups is 1. The van der Waals surface area contributed by atoms with Gasteiger partial charge in [-0.1, -0.05) is 6.07 Å². The van der Waals surface area contributed by atoms with Crippen LogP contribution in [0.2, 0.25) is 0 Å². The summed E-state index contributed by atoms with van der Waals surface area (Å²) in [4.78, 5) is 18.8. The Morgan fingerprint density at radius 3 is 2.83 bits per heavy atom. The first-order valence-electron chi connectivity index (χ1n) is 7.45. The highest BCUT2D eigenvalue weighted by Gasteiger charge is 2.14. The first-order valence-corrected chi connectivity index (χ1v) is 7.45. The number of hydrogen-bond acceptors (Lipinski definition) is 3. The van der Waals surface area contributed by atoms with Crippen LogP contribution in [0.5, 0.6) is 11.5 Å². The fourth-order valence-corrected chi connectivity index (χ4v) is 2.23. The average Bonchev–Trinajstić information content (AvgIpc) is 3.12. The van der Waals surface area contributed by atoms with E-state index in [2.05, 4.69) is 15.3 Å². The van der Waals surface area contributed by atoms with Crippen molar-refractivity contribution in [3.05, 3.63) is 78.1 Å². The van der Waals surface area contributed by atoms with Crippen molar-refractivity contribution >= 4 is 5.91 Å². The van der Waals surface area contributed by atoms with E-state index in [9.17, 15) is 9.18 Å². The molecular formula is C18H16FN3O2. The van der Waals surface area contributed by atoms with Crippen molar-refractivity contribution in [1.29, 1.82) is 0 Å². The van der Waals surface area contributed by atoms with Gasteiger partial charge in [0, 0.05) is 12.4 Å². The van der Waals surface area contributed by atoms with Crippen molar-refractivity contribution in [2.24, 2.45) is 0 Å². The number of amides is 1. The third-order valence-electron chi connectivity index (χ3n) is 3.51. The standard InChI is InChI=1S/C18H16FN3O2/c1-12(22-18(23)16-5-3-9-21-16)13-6-7-17(15(19)10-13)24-14-4-2-8-20-11-14/h2-12,21H,1H3,(H,22,23)/t12-/m0/s1. The quantitative estimate of drug-likeness (QED) is 0.749. The molecule has 24 heavy (non-hydrogen) atoms. The van der Waals surface area contributed by atoms with E-state index in [4.69, 9.17) is 4.74 Å². The van der Waals surface area contributed by atoms with Crippen LogP contribution in [0, 0.1) is 5.82 Å². The number of rotatable bonds is 5. The molecule has 0 aliphatic rings. The molecule has 0 aliphatic heterocycles. The minimum absolute atomic E-state index is 0.106. The molecule has 5 nitrogen and oxygen atoms in total. The first kappa shape index (κ1) is 15.7. The Morgan fingerprint density at radius 2 is 2.17 bits per heavy atom. The summed E-state index contributed by atoms with van der Waals surface area (Å²) in [6.45, 7) is 1.79. The van der Waals surface area contributed by atoms with Crippen LogP contribution in [0.1, 0.15) is 29.0 Å². The van der Waals surface area contributed by atoms with E-state index >= 15 is 0 Å². The highest BCUT2D eigenvalue weighted by Crippen LogP contribution is 2.26. The van der Waals surface area contributed by atoms with E-state index in [0.29, 0.717) is 17.0 Å². The molecule has 0 saturated carbocycles. The zero-order valence-corrected chi connectivity index (χ0v) is 13.0. The predicted octanol–water partition coefficient (Wildman–Crippen LogP) is 3.83. The van der Waals surface area contributed by atoms with E-state index < -0.39 is 5.82 Å². The Kier molecular flexibility index (Phi) is 4.56.